The van der Waals surface area contributed by atoms with Crippen LogP contribution in [0.2, 0.25) is 0 Å². The van der Waals surface area contributed by atoms with Crippen molar-refractivity contribution in [1.29, 1.82) is 0 Å². The first-order valence-electron chi connectivity index (χ1n) is 10.8. The van der Waals surface area contributed by atoms with Crippen molar-refractivity contribution in [2.45, 2.75) is 38.5 Å². The van der Waals surface area contributed by atoms with Crippen LogP contribution in [0.5, 0.6) is 0 Å². The largest absolute Gasteiger partial charge is 0.355 e. The lowest BCUT2D eigenvalue weighted by Crippen LogP contribution is -2.41. The van der Waals surface area contributed by atoms with Gasteiger partial charge in [-0.05, 0) is 74.4 Å². The first-order chi connectivity index (χ1) is 15.8. The molecule has 7 nitrogen and oxygen atoms in total. The number of hydrogen-bond donors (Lipinski definition) is 1. The molecule has 0 unspecified atom stereocenters. The second-order valence-electron chi connectivity index (χ2n) is 8.30. The molecule has 0 radical (unpaired) electrons. The fourth-order valence-corrected chi connectivity index (χ4v) is 6.27. The summed E-state index contributed by atoms with van der Waals surface area (Å²) in [6.45, 7) is 6.10. The third-order valence-electron chi connectivity index (χ3n) is 5.85. The number of aryl methyl sites for hydroxylation is 3. The van der Waals surface area contributed by atoms with E-state index in [4.69, 9.17) is 4.52 Å². The van der Waals surface area contributed by atoms with Crippen molar-refractivity contribution in [2.24, 2.45) is 5.92 Å². The minimum Gasteiger partial charge on any atom is -0.355 e. The molecule has 1 aliphatic rings. The van der Waals surface area contributed by atoms with E-state index < -0.39 is 10.0 Å². The number of hydrogen-bond acceptors (Lipinski definition) is 6. The number of carbonyl (C=O) groups excluding carboxylic acids is 1. The maximum atomic E-state index is 13.4. The molecule has 3 heterocycles. The minimum atomic E-state index is -3.79. The number of aromatic nitrogens is 1. The van der Waals surface area contributed by atoms with Gasteiger partial charge in [0.15, 0.2) is 10.7 Å². The van der Waals surface area contributed by atoms with Gasteiger partial charge in [0, 0.05) is 29.6 Å². The number of thiophene rings is 1. The van der Waals surface area contributed by atoms with Gasteiger partial charge in [0.1, 0.15) is 5.69 Å². The van der Waals surface area contributed by atoms with Gasteiger partial charge in [-0.15, -0.1) is 11.3 Å². The van der Waals surface area contributed by atoms with Gasteiger partial charge in [-0.2, -0.15) is 4.31 Å². The highest BCUT2D eigenvalue weighted by Crippen LogP contribution is 2.30. The van der Waals surface area contributed by atoms with Crippen LogP contribution in [0.1, 0.15) is 40.3 Å². The summed E-state index contributed by atoms with van der Waals surface area (Å²) in [7, 11) is -3.79. The van der Waals surface area contributed by atoms with E-state index in [2.05, 4.69) is 10.5 Å². The van der Waals surface area contributed by atoms with Crippen LogP contribution >= 0.6 is 11.3 Å². The third-order valence-corrected chi connectivity index (χ3v) is 8.74. The lowest BCUT2D eigenvalue weighted by molar-refractivity contribution is -0.120. The number of benzene rings is 1. The lowest BCUT2D eigenvalue weighted by Gasteiger charge is -2.30. The highest BCUT2D eigenvalue weighted by molar-refractivity contribution is 7.89. The molecule has 33 heavy (non-hydrogen) atoms. The van der Waals surface area contributed by atoms with E-state index in [1.165, 1.54) is 4.31 Å². The average molecular weight is 486 g/mol. The van der Waals surface area contributed by atoms with E-state index in [1.54, 1.807) is 24.3 Å². The maximum absolute atomic E-state index is 13.4. The second kappa shape index (κ2) is 9.62. The molecule has 9 heteroatoms. The number of rotatable bonds is 6. The van der Waals surface area contributed by atoms with Gasteiger partial charge in [-0.25, -0.2) is 8.42 Å². The molecule has 3 aromatic rings. The monoisotopic (exact) mass is 485 g/mol. The Kier molecular flexibility index (Phi) is 6.83. The van der Waals surface area contributed by atoms with Crippen LogP contribution in [0, 0.1) is 26.7 Å². The van der Waals surface area contributed by atoms with Crippen molar-refractivity contribution >= 4 is 45.1 Å². The summed E-state index contributed by atoms with van der Waals surface area (Å²) in [5.74, 6) is -0.0877. The fourth-order valence-electron chi connectivity index (χ4n) is 3.94. The molecule has 174 valence electrons. The Morgan fingerprint density at radius 1 is 1.18 bits per heavy atom. The predicted octanol–water partition coefficient (Wildman–Crippen LogP) is 4.87. The number of sulfonamides is 1. The maximum Gasteiger partial charge on any atom is 0.248 e. The van der Waals surface area contributed by atoms with E-state index in [0.29, 0.717) is 18.5 Å². The Morgan fingerprint density at radius 2 is 1.94 bits per heavy atom. The summed E-state index contributed by atoms with van der Waals surface area (Å²) in [6.07, 6.45) is 4.37. The first kappa shape index (κ1) is 23.4. The molecular weight excluding hydrogens is 458 g/mol. The van der Waals surface area contributed by atoms with Gasteiger partial charge >= 0.3 is 0 Å². The van der Waals surface area contributed by atoms with Gasteiger partial charge in [0.05, 0.1) is 0 Å². The van der Waals surface area contributed by atoms with Crippen molar-refractivity contribution in [3.8, 4) is 0 Å². The van der Waals surface area contributed by atoms with Gasteiger partial charge < -0.3 is 9.84 Å². The normalized spacial score (nSPS) is 15.8. The van der Waals surface area contributed by atoms with Crippen molar-refractivity contribution in [3.05, 3.63) is 63.2 Å². The second-order valence-corrected chi connectivity index (χ2v) is 11.2. The van der Waals surface area contributed by atoms with E-state index >= 15 is 0 Å². The zero-order chi connectivity index (χ0) is 23.6. The smallest absolute Gasteiger partial charge is 0.248 e. The van der Waals surface area contributed by atoms with E-state index in [9.17, 15) is 13.2 Å². The molecule has 0 saturated carbocycles. The predicted molar refractivity (Wildman–Crippen MR) is 131 cm³/mol. The van der Waals surface area contributed by atoms with Gasteiger partial charge in [0.25, 0.3) is 0 Å². The summed E-state index contributed by atoms with van der Waals surface area (Å²) in [5.41, 5.74) is 3.21. The van der Waals surface area contributed by atoms with E-state index in [1.807, 2.05) is 55.6 Å². The number of carbonyl (C=O) groups is 1. The minimum absolute atomic E-state index is 0.0681. The molecule has 1 amide bonds. The number of anilines is 1. The zero-order valence-electron chi connectivity index (χ0n) is 18.9. The highest BCUT2D eigenvalue weighted by Gasteiger charge is 2.36. The van der Waals surface area contributed by atoms with Crippen molar-refractivity contribution in [3.63, 3.8) is 0 Å². The molecular formula is C24H27N3O4S2. The molecule has 4 rings (SSSR count). The number of nitrogens with one attached hydrogen (secondary N) is 1. The van der Waals surface area contributed by atoms with Crippen LogP contribution in [0.15, 0.2) is 45.1 Å². The lowest BCUT2D eigenvalue weighted by atomic mass is 9.97. The zero-order valence-corrected chi connectivity index (χ0v) is 20.5. The van der Waals surface area contributed by atoms with Crippen LogP contribution in [-0.4, -0.2) is 36.9 Å². The van der Waals surface area contributed by atoms with Crippen LogP contribution < -0.4 is 5.32 Å². The standard InChI is InChI=1S/C24H27N3O4S2/c1-16-6-7-17(2)21(15-16)25-24(28)19-10-12-27(13-11-19)33(29,30)23-18(3)26-31-22(23)9-8-20-5-4-14-32-20/h4-9,14-15,19H,10-13H2,1-3H3,(H,25,28). The fraction of sp³-hybridized carbons (Fsp3) is 0.333. The van der Waals surface area contributed by atoms with Crippen molar-refractivity contribution in [1.82, 2.24) is 9.46 Å². The summed E-state index contributed by atoms with van der Waals surface area (Å²) in [6, 6.07) is 9.80. The topological polar surface area (TPSA) is 92.5 Å². The van der Waals surface area contributed by atoms with Gasteiger partial charge in [-0.1, -0.05) is 23.4 Å². The number of amides is 1. The van der Waals surface area contributed by atoms with E-state index in [-0.39, 0.29) is 35.6 Å². The van der Waals surface area contributed by atoms with E-state index in [0.717, 1.165) is 21.7 Å². The molecule has 1 aliphatic heterocycles. The molecule has 0 bridgehead atoms. The molecule has 2 aromatic heterocycles. The SMILES string of the molecule is Cc1ccc(C)c(NC(=O)C2CCN(S(=O)(=O)c3c(C)noc3C=Cc3cccs3)CC2)c1. The van der Waals surface area contributed by atoms with Crippen LogP contribution in [0.4, 0.5) is 5.69 Å². The van der Waals surface area contributed by atoms with Gasteiger partial charge in [0.2, 0.25) is 15.9 Å². The first-order valence-corrected chi connectivity index (χ1v) is 13.1. The Morgan fingerprint density at radius 3 is 2.64 bits per heavy atom. The quantitative estimate of drug-likeness (QED) is 0.538. The van der Waals surface area contributed by atoms with Crippen molar-refractivity contribution < 1.29 is 17.7 Å². The Balaban J connectivity index is 1.45. The molecule has 1 fully saturated rings. The Hall–Kier alpha value is -2.75. The number of nitrogens with zero attached hydrogens (tertiary/aromatic N) is 2. The molecule has 0 atom stereocenters. The summed E-state index contributed by atoms with van der Waals surface area (Å²) < 4.78 is 33.5. The Bertz CT molecular complexity index is 1270. The van der Waals surface area contributed by atoms with Gasteiger partial charge in [-0.3, -0.25) is 4.79 Å². The van der Waals surface area contributed by atoms with Crippen LogP contribution in [0.3, 0.4) is 0 Å². The summed E-state index contributed by atoms with van der Waals surface area (Å²) in [4.78, 5) is 13.9. The highest BCUT2D eigenvalue weighted by atomic mass is 32.2. The third kappa shape index (κ3) is 5.10. The average Bonchev–Trinajstić information content (AvgIpc) is 3.44. The van der Waals surface area contributed by atoms with Crippen molar-refractivity contribution in [2.75, 3.05) is 18.4 Å². The van der Waals surface area contributed by atoms with Crippen LogP contribution in [-0.2, 0) is 14.8 Å². The van der Waals surface area contributed by atoms with Crippen LogP contribution in [0.25, 0.3) is 12.2 Å². The molecule has 1 aromatic carbocycles. The summed E-state index contributed by atoms with van der Waals surface area (Å²) >= 11 is 1.55. The molecule has 0 aliphatic carbocycles. The molecule has 1 N–H and O–H groups in total. The number of piperidine rings is 1. The molecule has 0 spiro atoms. The molecule has 1 saturated heterocycles. The summed E-state index contributed by atoms with van der Waals surface area (Å²) in [5, 5.41) is 8.85. The Labute approximate surface area is 198 Å².